The summed E-state index contributed by atoms with van der Waals surface area (Å²) < 4.78 is 37.6. The Kier molecular flexibility index (Phi) is 8.95. The van der Waals surface area contributed by atoms with E-state index in [-0.39, 0.29) is 11.4 Å². The first-order valence-corrected chi connectivity index (χ1v) is 9.65. The van der Waals surface area contributed by atoms with Crippen LogP contribution in [0.4, 0.5) is 0 Å². The predicted octanol–water partition coefficient (Wildman–Crippen LogP) is 1.56. The molecular formula is C12H21BrN2O4S2. The summed E-state index contributed by atoms with van der Waals surface area (Å²) in [5.74, 6) is 0. The zero-order valence-corrected chi connectivity index (χ0v) is 15.4. The van der Waals surface area contributed by atoms with Gasteiger partial charge in [0.1, 0.15) is 4.90 Å². The largest absolute Gasteiger partial charge is 0.382 e. The fourth-order valence-electron chi connectivity index (χ4n) is 1.49. The van der Waals surface area contributed by atoms with Gasteiger partial charge in [-0.3, -0.25) is 0 Å². The van der Waals surface area contributed by atoms with Crippen molar-refractivity contribution in [2.24, 2.45) is 0 Å². The van der Waals surface area contributed by atoms with Crippen molar-refractivity contribution in [2.45, 2.75) is 18.4 Å². The monoisotopic (exact) mass is 400 g/mol. The Morgan fingerprint density at radius 2 is 2.10 bits per heavy atom. The van der Waals surface area contributed by atoms with Crippen molar-refractivity contribution in [1.82, 2.24) is 10.0 Å². The van der Waals surface area contributed by atoms with Gasteiger partial charge in [-0.15, -0.1) is 11.3 Å². The van der Waals surface area contributed by atoms with Gasteiger partial charge in [0.2, 0.25) is 10.0 Å². The second-order valence-corrected chi connectivity index (χ2v) is 8.32. The standard InChI is InChI=1S/C12H21BrN2O4S2/c1-3-14-9-10-8-11(12(13)20-10)21(16,17)15-4-5-19-7-6-18-2/h8,14-15H,3-7,9H2,1-2H3. The van der Waals surface area contributed by atoms with Gasteiger partial charge in [-0.1, -0.05) is 6.92 Å². The molecule has 0 saturated heterocycles. The minimum atomic E-state index is -3.51. The second-order valence-electron chi connectivity index (χ2n) is 4.13. The van der Waals surface area contributed by atoms with Gasteiger partial charge in [-0.05, 0) is 28.5 Å². The van der Waals surface area contributed by atoms with Crippen molar-refractivity contribution in [2.75, 3.05) is 40.0 Å². The summed E-state index contributed by atoms with van der Waals surface area (Å²) in [5, 5.41) is 3.17. The van der Waals surface area contributed by atoms with Gasteiger partial charge in [0.05, 0.1) is 23.6 Å². The Bertz CT molecular complexity index is 519. The van der Waals surface area contributed by atoms with Crippen molar-refractivity contribution in [3.8, 4) is 0 Å². The smallest absolute Gasteiger partial charge is 0.242 e. The Morgan fingerprint density at radius 3 is 2.76 bits per heavy atom. The molecule has 0 unspecified atom stereocenters. The number of nitrogens with one attached hydrogen (secondary N) is 2. The lowest BCUT2D eigenvalue weighted by atomic mass is 10.4. The summed E-state index contributed by atoms with van der Waals surface area (Å²) in [7, 11) is -1.92. The Hall–Kier alpha value is -0.0300. The predicted molar refractivity (Wildman–Crippen MR) is 87.3 cm³/mol. The molecule has 0 aliphatic carbocycles. The molecule has 0 fully saturated rings. The van der Waals surface area contributed by atoms with E-state index in [0.717, 1.165) is 11.4 Å². The summed E-state index contributed by atoms with van der Waals surface area (Å²) in [5.41, 5.74) is 0. The van der Waals surface area contributed by atoms with E-state index in [0.29, 0.717) is 30.2 Å². The average Bonchev–Trinajstić information content (AvgIpc) is 2.82. The van der Waals surface area contributed by atoms with Gasteiger partial charge < -0.3 is 14.8 Å². The molecule has 0 bridgehead atoms. The number of rotatable bonds is 11. The molecule has 1 aromatic rings. The summed E-state index contributed by atoms with van der Waals surface area (Å²) >= 11 is 4.73. The molecule has 1 aromatic heterocycles. The van der Waals surface area contributed by atoms with Crippen LogP contribution in [0.25, 0.3) is 0 Å². The third kappa shape index (κ3) is 6.72. The maximum Gasteiger partial charge on any atom is 0.242 e. The Labute approximate surface area is 138 Å². The third-order valence-corrected chi connectivity index (χ3v) is 6.23. The van der Waals surface area contributed by atoms with Gasteiger partial charge in [0.25, 0.3) is 0 Å². The summed E-state index contributed by atoms with van der Waals surface area (Å²) in [4.78, 5) is 1.25. The van der Waals surface area contributed by atoms with Crippen LogP contribution in [0.15, 0.2) is 14.7 Å². The first-order valence-electron chi connectivity index (χ1n) is 6.56. The van der Waals surface area contributed by atoms with Gasteiger partial charge in [-0.25, -0.2) is 13.1 Å². The zero-order valence-electron chi connectivity index (χ0n) is 12.1. The number of methoxy groups -OCH3 is 1. The molecule has 0 aliphatic rings. The van der Waals surface area contributed by atoms with E-state index in [9.17, 15) is 8.42 Å². The van der Waals surface area contributed by atoms with Gasteiger partial charge >= 0.3 is 0 Å². The highest BCUT2D eigenvalue weighted by molar-refractivity contribution is 9.11. The summed E-state index contributed by atoms with van der Waals surface area (Å²) in [6, 6.07) is 1.69. The number of sulfonamides is 1. The molecule has 0 saturated carbocycles. The number of hydrogen-bond donors (Lipinski definition) is 2. The van der Waals surface area contributed by atoms with Crippen LogP contribution in [0.1, 0.15) is 11.8 Å². The molecule has 1 rings (SSSR count). The highest BCUT2D eigenvalue weighted by Gasteiger charge is 2.20. The minimum Gasteiger partial charge on any atom is -0.382 e. The quantitative estimate of drug-likeness (QED) is 0.551. The van der Waals surface area contributed by atoms with Crippen LogP contribution < -0.4 is 10.0 Å². The van der Waals surface area contributed by atoms with E-state index in [1.807, 2.05) is 6.92 Å². The van der Waals surface area contributed by atoms with E-state index in [1.54, 1.807) is 13.2 Å². The lowest BCUT2D eigenvalue weighted by Gasteiger charge is -2.06. The zero-order chi connectivity index (χ0) is 15.7. The molecule has 0 amide bonds. The first-order chi connectivity index (χ1) is 10.0. The molecule has 0 aliphatic heterocycles. The van der Waals surface area contributed by atoms with Crippen molar-refractivity contribution in [3.05, 3.63) is 14.7 Å². The SMILES string of the molecule is CCNCc1cc(S(=O)(=O)NCCOCCOC)c(Br)s1. The average molecular weight is 401 g/mol. The number of halogens is 1. The van der Waals surface area contributed by atoms with E-state index < -0.39 is 10.0 Å². The highest BCUT2D eigenvalue weighted by atomic mass is 79.9. The topological polar surface area (TPSA) is 76.7 Å². The molecular weight excluding hydrogens is 380 g/mol. The maximum absolute atomic E-state index is 12.2. The van der Waals surface area contributed by atoms with Crippen molar-refractivity contribution in [1.29, 1.82) is 0 Å². The van der Waals surface area contributed by atoms with Crippen molar-refractivity contribution < 1.29 is 17.9 Å². The number of thiophene rings is 1. The molecule has 6 nitrogen and oxygen atoms in total. The normalized spacial score (nSPS) is 12.0. The first kappa shape index (κ1) is 19.0. The van der Waals surface area contributed by atoms with Crippen LogP contribution in [0, 0.1) is 0 Å². The molecule has 21 heavy (non-hydrogen) atoms. The molecule has 0 radical (unpaired) electrons. The van der Waals surface area contributed by atoms with Gasteiger partial charge in [-0.2, -0.15) is 0 Å². The lowest BCUT2D eigenvalue weighted by molar-refractivity contribution is 0.0736. The molecule has 9 heteroatoms. The van der Waals surface area contributed by atoms with Crippen LogP contribution in [0.2, 0.25) is 0 Å². The van der Waals surface area contributed by atoms with E-state index in [1.165, 1.54) is 11.3 Å². The molecule has 122 valence electrons. The van der Waals surface area contributed by atoms with E-state index in [2.05, 4.69) is 26.0 Å². The molecule has 2 N–H and O–H groups in total. The Morgan fingerprint density at radius 1 is 1.33 bits per heavy atom. The van der Waals surface area contributed by atoms with E-state index >= 15 is 0 Å². The maximum atomic E-state index is 12.2. The van der Waals surface area contributed by atoms with E-state index in [4.69, 9.17) is 9.47 Å². The fourth-order valence-corrected chi connectivity index (χ4v) is 5.15. The molecule has 0 spiro atoms. The molecule has 0 atom stereocenters. The summed E-state index contributed by atoms with van der Waals surface area (Å²) in [6.45, 7) is 5.00. The second kappa shape index (κ2) is 9.88. The van der Waals surface area contributed by atoms with Crippen LogP contribution in [-0.4, -0.2) is 48.4 Å². The number of ether oxygens (including phenoxy) is 2. The van der Waals surface area contributed by atoms with Crippen LogP contribution in [-0.2, 0) is 26.0 Å². The molecule has 0 aromatic carbocycles. The molecule has 1 heterocycles. The van der Waals surface area contributed by atoms with Crippen LogP contribution >= 0.6 is 27.3 Å². The van der Waals surface area contributed by atoms with Crippen LogP contribution in [0.5, 0.6) is 0 Å². The number of hydrogen-bond acceptors (Lipinski definition) is 6. The Balaban J connectivity index is 2.51. The fraction of sp³-hybridized carbons (Fsp3) is 0.667. The highest BCUT2D eigenvalue weighted by Crippen LogP contribution is 2.31. The van der Waals surface area contributed by atoms with Gasteiger partial charge in [0, 0.05) is 25.1 Å². The third-order valence-electron chi connectivity index (χ3n) is 2.52. The van der Waals surface area contributed by atoms with Crippen molar-refractivity contribution >= 4 is 37.3 Å². The summed E-state index contributed by atoms with van der Waals surface area (Å²) in [6.07, 6.45) is 0. The van der Waals surface area contributed by atoms with Gasteiger partial charge in [0.15, 0.2) is 0 Å². The van der Waals surface area contributed by atoms with Crippen LogP contribution in [0.3, 0.4) is 0 Å². The minimum absolute atomic E-state index is 0.233. The lowest BCUT2D eigenvalue weighted by Crippen LogP contribution is -2.27. The van der Waals surface area contributed by atoms with Crippen molar-refractivity contribution in [3.63, 3.8) is 0 Å².